The molecule has 0 fully saturated rings. The molecular weight excluding hydrogens is 241 g/mol. The van der Waals surface area contributed by atoms with E-state index in [2.05, 4.69) is 5.32 Å². The molecule has 0 spiro atoms. The van der Waals surface area contributed by atoms with E-state index >= 15 is 0 Å². The van der Waals surface area contributed by atoms with Crippen molar-refractivity contribution in [2.45, 2.75) is 18.3 Å². The largest absolute Gasteiger partial charge is 0.387 e. The third-order valence-electron chi connectivity index (χ3n) is 2.45. The van der Waals surface area contributed by atoms with Gasteiger partial charge in [0.1, 0.15) is 5.82 Å². The summed E-state index contributed by atoms with van der Waals surface area (Å²) < 4.78 is 12.7. The molecule has 0 saturated heterocycles. The van der Waals surface area contributed by atoms with E-state index in [1.54, 1.807) is 6.92 Å². The van der Waals surface area contributed by atoms with Crippen molar-refractivity contribution in [1.82, 2.24) is 5.32 Å². The summed E-state index contributed by atoms with van der Waals surface area (Å²) in [5.41, 5.74) is 0.587. The standard InChI is InChI=1S/C12H16FNO2S/c1-8(17-2)12(16)14-7-11(15)9-3-5-10(13)6-4-9/h3-6,8,11,15H,7H2,1-2H3,(H,14,16). The van der Waals surface area contributed by atoms with Crippen LogP contribution in [0.1, 0.15) is 18.6 Å². The highest BCUT2D eigenvalue weighted by Gasteiger charge is 2.13. The van der Waals surface area contributed by atoms with Crippen molar-refractivity contribution in [3.8, 4) is 0 Å². The van der Waals surface area contributed by atoms with Crippen molar-refractivity contribution in [2.75, 3.05) is 12.8 Å². The van der Waals surface area contributed by atoms with Crippen LogP contribution in [0.4, 0.5) is 4.39 Å². The van der Waals surface area contributed by atoms with Crippen molar-refractivity contribution < 1.29 is 14.3 Å². The zero-order valence-electron chi connectivity index (χ0n) is 9.81. The summed E-state index contributed by atoms with van der Waals surface area (Å²) in [5, 5.41) is 12.3. The Kier molecular flexibility index (Phi) is 5.44. The number of hydrogen-bond acceptors (Lipinski definition) is 3. The molecule has 0 aliphatic rings. The van der Waals surface area contributed by atoms with Crippen LogP contribution in [0.5, 0.6) is 0 Å². The molecule has 1 aromatic carbocycles. The number of carbonyl (C=O) groups excluding carboxylic acids is 1. The van der Waals surface area contributed by atoms with Crippen molar-refractivity contribution in [1.29, 1.82) is 0 Å². The van der Waals surface area contributed by atoms with Gasteiger partial charge in [-0.1, -0.05) is 12.1 Å². The SMILES string of the molecule is CSC(C)C(=O)NCC(O)c1ccc(F)cc1. The fourth-order valence-corrected chi connectivity index (χ4v) is 1.55. The first-order chi connectivity index (χ1) is 8.04. The summed E-state index contributed by atoms with van der Waals surface area (Å²) in [7, 11) is 0. The molecule has 17 heavy (non-hydrogen) atoms. The summed E-state index contributed by atoms with van der Waals surface area (Å²) in [6.45, 7) is 1.93. The van der Waals surface area contributed by atoms with Gasteiger partial charge in [0.05, 0.1) is 11.4 Å². The predicted molar refractivity (Wildman–Crippen MR) is 67.3 cm³/mol. The summed E-state index contributed by atoms with van der Waals surface area (Å²) in [6, 6.07) is 5.57. The minimum absolute atomic E-state index is 0.112. The second kappa shape index (κ2) is 6.61. The number of amides is 1. The van der Waals surface area contributed by atoms with E-state index in [9.17, 15) is 14.3 Å². The van der Waals surface area contributed by atoms with Crippen LogP contribution in [0.3, 0.4) is 0 Å². The molecule has 0 aromatic heterocycles. The van der Waals surface area contributed by atoms with Gasteiger partial charge in [-0.05, 0) is 30.9 Å². The van der Waals surface area contributed by atoms with Crippen molar-refractivity contribution in [2.24, 2.45) is 0 Å². The second-order valence-corrected chi connectivity index (χ2v) is 4.87. The van der Waals surface area contributed by atoms with Crippen LogP contribution in [0, 0.1) is 5.82 Å². The molecule has 0 radical (unpaired) electrons. The molecule has 2 unspecified atom stereocenters. The monoisotopic (exact) mass is 257 g/mol. The highest BCUT2D eigenvalue weighted by molar-refractivity contribution is 7.99. The van der Waals surface area contributed by atoms with E-state index in [1.165, 1.54) is 36.0 Å². The first-order valence-electron chi connectivity index (χ1n) is 5.28. The van der Waals surface area contributed by atoms with E-state index in [4.69, 9.17) is 0 Å². The Bertz CT molecular complexity index is 369. The lowest BCUT2D eigenvalue weighted by molar-refractivity contribution is -0.120. The number of hydrogen-bond donors (Lipinski definition) is 2. The van der Waals surface area contributed by atoms with Crippen LogP contribution < -0.4 is 5.32 Å². The molecule has 5 heteroatoms. The Hall–Kier alpha value is -1.07. The van der Waals surface area contributed by atoms with Gasteiger partial charge in [0, 0.05) is 6.54 Å². The van der Waals surface area contributed by atoms with Crippen LogP contribution in [0.2, 0.25) is 0 Å². The number of halogens is 1. The Morgan fingerprint density at radius 2 is 2.06 bits per heavy atom. The summed E-state index contributed by atoms with van der Waals surface area (Å²) in [5.74, 6) is -0.459. The number of thioether (sulfide) groups is 1. The molecule has 2 atom stereocenters. The topological polar surface area (TPSA) is 49.3 Å². The number of rotatable bonds is 5. The number of benzene rings is 1. The van der Waals surface area contributed by atoms with Gasteiger partial charge in [-0.25, -0.2) is 4.39 Å². The quantitative estimate of drug-likeness (QED) is 0.844. The molecule has 1 rings (SSSR count). The molecule has 2 N–H and O–H groups in total. The fourth-order valence-electron chi connectivity index (χ4n) is 1.25. The van der Waals surface area contributed by atoms with Crippen LogP contribution in [0.15, 0.2) is 24.3 Å². The Labute approximate surface area is 104 Å². The zero-order valence-corrected chi connectivity index (χ0v) is 10.6. The van der Waals surface area contributed by atoms with Crippen LogP contribution in [-0.4, -0.2) is 29.1 Å². The number of aliphatic hydroxyl groups excluding tert-OH is 1. The van der Waals surface area contributed by atoms with Gasteiger partial charge in [-0.2, -0.15) is 11.8 Å². The van der Waals surface area contributed by atoms with Gasteiger partial charge in [-0.15, -0.1) is 0 Å². The van der Waals surface area contributed by atoms with E-state index < -0.39 is 6.10 Å². The van der Waals surface area contributed by atoms with Gasteiger partial charge in [0.2, 0.25) is 5.91 Å². The number of aliphatic hydroxyl groups is 1. The molecule has 0 heterocycles. The van der Waals surface area contributed by atoms with Crippen molar-refractivity contribution >= 4 is 17.7 Å². The third kappa shape index (κ3) is 4.36. The third-order valence-corrected chi connectivity index (χ3v) is 3.37. The lowest BCUT2D eigenvalue weighted by atomic mass is 10.1. The van der Waals surface area contributed by atoms with E-state index in [-0.39, 0.29) is 23.5 Å². The highest BCUT2D eigenvalue weighted by atomic mass is 32.2. The summed E-state index contributed by atoms with van der Waals surface area (Å²) in [4.78, 5) is 11.5. The lowest BCUT2D eigenvalue weighted by Crippen LogP contribution is -2.34. The maximum absolute atomic E-state index is 12.7. The Morgan fingerprint density at radius 1 is 1.47 bits per heavy atom. The molecule has 3 nitrogen and oxygen atoms in total. The van der Waals surface area contributed by atoms with Gasteiger partial charge < -0.3 is 10.4 Å². The fraction of sp³-hybridized carbons (Fsp3) is 0.417. The molecule has 0 aliphatic heterocycles. The van der Waals surface area contributed by atoms with Gasteiger partial charge in [-0.3, -0.25) is 4.79 Å². The molecule has 94 valence electrons. The zero-order chi connectivity index (χ0) is 12.8. The molecule has 0 bridgehead atoms. The van der Waals surface area contributed by atoms with Crippen LogP contribution in [0.25, 0.3) is 0 Å². The Morgan fingerprint density at radius 3 is 2.59 bits per heavy atom. The number of carbonyl (C=O) groups is 1. The van der Waals surface area contributed by atoms with Gasteiger partial charge >= 0.3 is 0 Å². The molecule has 0 aliphatic carbocycles. The minimum Gasteiger partial charge on any atom is -0.387 e. The highest BCUT2D eigenvalue weighted by Crippen LogP contribution is 2.13. The van der Waals surface area contributed by atoms with Crippen molar-refractivity contribution in [3.05, 3.63) is 35.6 Å². The molecule has 1 aromatic rings. The van der Waals surface area contributed by atoms with Gasteiger partial charge in [0.15, 0.2) is 0 Å². The number of nitrogens with one attached hydrogen (secondary N) is 1. The average molecular weight is 257 g/mol. The normalized spacial score (nSPS) is 14.1. The van der Waals surface area contributed by atoms with Gasteiger partial charge in [0.25, 0.3) is 0 Å². The first-order valence-corrected chi connectivity index (χ1v) is 6.57. The van der Waals surface area contributed by atoms with Crippen molar-refractivity contribution in [3.63, 3.8) is 0 Å². The summed E-state index contributed by atoms with van der Waals surface area (Å²) in [6.07, 6.45) is 1.04. The summed E-state index contributed by atoms with van der Waals surface area (Å²) >= 11 is 1.44. The molecule has 1 amide bonds. The lowest BCUT2D eigenvalue weighted by Gasteiger charge is -2.14. The predicted octanol–water partition coefficient (Wildman–Crippen LogP) is 1.73. The second-order valence-electron chi connectivity index (χ2n) is 3.69. The molecular formula is C12H16FNO2S. The molecule has 0 saturated carbocycles. The van der Waals surface area contributed by atoms with E-state index in [1.807, 2.05) is 6.26 Å². The maximum Gasteiger partial charge on any atom is 0.232 e. The van der Waals surface area contributed by atoms with Crippen LogP contribution >= 0.6 is 11.8 Å². The van der Waals surface area contributed by atoms with E-state index in [0.717, 1.165) is 0 Å². The van der Waals surface area contributed by atoms with Crippen LogP contribution in [-0.2, 0) is 4.79 Å². The minimum atomic E-state index is -0.811. The maximum atomic E-state index is 12.7. The van der Waals surface area contributed by atoms with E-state index in [0.29, 0.717) is 5.56 Å². The smallest absolute Gasteiger partial charge is 0.232 e. The Balaban J connectivity index is 2.47. The first kappa shape index (κ1) is 14.0. The average Bonchev–Trinajstić information content (AvgIpc) is 2.35.